The molecule has 1 unspecified atom stereocenters. The molecule has 1 heterocycles. The minimum atomic E-state index is -3.15. The number of carbonyl (C=O) groups is 2. The molecular weight excluding hydrogens is 272 g/mol. The Labute approximate surface area is 112 Å². The molecule has 1 atom stereocenters. The van der Waals surface area contributed by atoms with Gasteiger partial charge in [-0.1, -0.05) is 6.92 Å². The third-order valence-electron chi connectivity index (χ3n) is 2.99. The fraction of sp³-hybridized carbons (Fsp3) is 0.727. The maximum atomic E-state index is 12.0. The normalized spacial score (nSPS) is 19.5. The van der Waals surface area contributed by atoms with Crippen molar-refractivity contribution in [2.24, 2.45) is 11.0 Å². The summed E-state index contributed by atoms with van der Waals surface area (Å²) >= 11 is 0. The molecule has 0 fully saturated rings. The van der Waals surface area contributed by atoms with Gasteiger partial charge in [0.1, 0.15) is 0 Å². The van der Waals surface area contributed by atoms with Gasteiger partial charge in [-0.2, -0.15) is 5.10 Å². The van der Waals surface area contributed by atoms with E-state index in [0.29, 0.717) is 5.71 Å². The number of amides is 1. The summed E-state index contributed by atoms with van der Waals surface area (Å²) in [5.74, 6) is -1.58. The van der Waals surface area contributed by atoms with Crippen molar-refractivity contribution in [3.63, 3.8) is 0 Å². The average Bonchev–Trinajstić information content (AvgIpc) is 2.64. The van der Waals surface area contributed by atoms with Crippen LogP contribution in [0.1, 0.15) is 20.3 Å². The molecule has 0 spiro atoms. The summed E-state index contributed by atoms with van der Waals surface area (Å²) in [5.41, 5.74) is 0.504. The van der Waals surface area contributed by atoms with Crippen LogP contribution in [0.5, 0.6) is 0 Å². The van der Waals surface area contributed by atoms with Crippen LogP contribution in [0.25, 0.3) is 0 Å². The largest absolute Gasteiger partial charge is 0.469 e. The Balaban J connectivity index is 2.65. The van der Waals surface area contributed by atoms with Gasteiger partial charge in [0.05, 0.1) is 31.7 Å². The molecule has 1 aliphatic heterocycles. The van der Waals surface area contributed by atoms with Crippen molar-refractivity contribution >= 4 is 27.4 Å². The standard InChI is InChI=1S/C11H18N2O5S/c1-4-19(16,17)6-5-13-11(15)9(8(2)12-13)7-10(14)18-3/h9H,4-7H2,1-3H3. The first-order valence-corrected chi connectivity index (χ1v) is 7.76. The minimum Gasteiger partial charge on any atom is -0.469 e. The second-order valence-corrected chi connectivity index (χ2v) is 6.74. The van der Waals surface area contributed by atoms with Gasteiger partial charge in [0.2, 0.25) is 0 Å². The Kier molecular flexibility index (Phi) is 5.04. The zero-order valence-electron chi connectivity index (χ0n) is 11.2. The molecule has 0 aromatic rings. The summed E-state index contributed by atoms with van der Waals surface area (Å²) in [4.78, 5) is 23.2. The zero-order chi connectivity index (χ0) is 14.6. The van der Waals surface area contributed by atoms with Gasteiger partial charge in [-0.3, -0.25) is 9.59 Å². The van der Waals surface area contributed by atoms with E-state index >= 15 is 0 Å². The van der Waals surface area contributed by atoms with E-state index in [9.17, 15) is 18.0 Å². The van der Waals surface area contributed by atoms with Crippen molar-refractivity contribution in [3.05, 3.63) is 0 Å². The summed E-state index contributed by atoms with van der Waals surface area (Å²) in [6.45, 7) is 3.21. The molecule has 1 rings (SSSR count). The topological polar surface area (TPSA) is 93.1 Å². The first-order chi connectivity index (χ1) is 8.80. The van der Waals surface area contributed by atoms with E-state index in [1.54, 1.807) is 13.8 Å². The van der Waals surface area contributed by atoms with Gasteiger partial charge in [-0.05, 0) is 6.92 Å². The van der Waals surface area contributed by atoms with E-state index in [1.807, 2.05) is 0 Å². The van der Waals surface area contributed by atoms with Gasteiger partial charge in [-0.15, -0.1) is 0 Å². The summed E-state index contributed by atoms with van der Waals surface area (Å²) in [7, 11) is -1.90. The number of hydrogen-bond acceptors (Lipinski definition) is 6. The molecule has 0 aromatic carbocycles. The lowest BCUT2D eigenvalue weighted by Crippen LogP contribution is -2.32. The highest BCUT2D eigenvalue weighted by molar-refractivity contribution is 7.91. The number of carbonyl (C=O) groups excluding carboxylic acids is 2. The van der Waals surface area contributed by atoms with E-state index in [2.05, 4.69) is 9.84 Å². The molecule has 0 N–H and O–H groups in total. The minimum absolute atomic E-state index is 0.0179. The van der Waals surface area contributed by atoms with E-state index in [-0.39, 0.29) is 30.4 Å². The van der Waals surface area contributed by atoms with Gasteiger partial charge in [0.25, 0.3) is 5.91 Å². The molecule has 7 nitrogen and oxygen atoms in total. The van der Waals surface area contributed by atoms with Gasteiger partial charge < -0.3 is 4.74 Å². The number of sulfone groups is 1. The highest BCUT2D eigenvalue weighted by atomic mass is 32.2. The SMILES string of the molecule is CCS(=O)(=O)CCN1N=C(C)C(CC(=O)OC)C1=O. The predicted octanol–water partition coefficient (Wildman–Crippen LogP) is -0.181. The molecule has 0 bridgehead atoms. The first kappa shape index (κ1) is 15.6. The number of hydrogen-bond donors (Lipinski definition) is 0. The van der Waals surface area contributed by atoms with E-state index in [0.717, 1.165) is 5.01 Å². The van der Waals surface area contributed by atoms with Crippen LogP contribution in [0.2, 0.25) is 0 Å². The smallest absolute Gasteiger partial charge is 0.306 e. The quantitative estimate of drug-likeness (QED) is 0.633. The summed E-state index contributed by atoms with van der Waals surface area (Å²) in [6.07, 6.45) is -0.0678. The van der Waals surface area contributed by atoms with Crippen LogP contribution in [0, 0.1) is 5.92 Å². The molecule has 0 saturated carbocycles. The third-order valence-corrected chi connectivity index (χ3v) is 4.67. The lowest BCUT2D eigenvalue weighted by molar-refractivity contribution is -0.144. The van der Waals surface area contributed by atoms with Crippen LogP contribution in [0.4, 0.5) is 0 Å². The lowest BCUT2D eigenvalue weighted by Gasteiger charge is -2.13. The van der Waals surface area contributed by atoms with Gasteiger partial charge in [0, 0.05) is 11.5 Å². The van der Waals surface area contributed by atoms with Crippen molar-refractivity contribution in [3.8, 4) is 0 Å². The van der Waals surface area contributed by atoms with Gasteiger partial charge in [0.15, 0.2) is 9.84 Å². The summed E-state index contributed by atoms with van der Waals surface area (Å²) < 4.78 is 27.3. The number of esters is 1. The second kappa shape index (κ2) is 6.14. The predicted molar refractivity (Wildman–Crippen MR) is 69.3 cm³/mol. The Morgan fingerprint density at radius 2 is 2.11 bits per heavy atom. The van der Waals surface area contributed by atoms with E-state index in [4.69, 9.17) is 0 Å². The number of ether oxygens (including phenoxy) is 1. The number of hydrazone groups is 1. The van der Waals surface area contributed by atoms with Crippen molar-refractivity contribution in [1.82, 2.24) is 5.01 Å². The Hall–Kier alpha value is -1.44. The van der Waals surface area contributed by atoms with Crippen molar-refractivity contribution < 1.29 is 22.7 Å². The van der Waals surface area contributed by atoms with Crippen LogP contribution < -0.4 is 0 Å². The molecular formula is C11H18N2O5S. The molecule has 8 heteroatoms. The highest BCUT2D eigenvalue weighted by Crippen LogP contribution is 2.19. The fourth-order valence-electron chi connectivity index (χ4n) is 1.68. The van der Waals surface area contributed by atoms with Crippen LogP contribution in [-0.4, -0.2) is 56.2 Å². The van der Waals surface area contributed by atoms with Crippen LogP contribution in [0.15, 0.2) is 5.10 Å². The van der Waals surface area contributed by atoms with Crippen molar-refractivity contribution in [2.45, 2.75) is 20.3 Å². The second-order valence-electron chi connectivity index (χ2n) is 4.27. The average molecular weight is 290 g/mol. The van der Waals surface area contributed by atoms with Crippen molar-refractivity contribution in [1.29, 1.82) is 0 Å². The molecule has 0 radical (unpaired) electrons. The van der Waals surface area contributed by atoms with Crippen molar-refractivity contribution in [2.75, 3.05) is 25.2 Å². The third kappa shape index (κ3) is 4.02. The van der Waals surface area contributed by atoms with E-state index < -0.39 is 21.7 Å². The molecule has 1 amide bonds. The number of rotatable bonds is 6. The molecule has 1 aliphatic rings. The summed E-state index contributed by atoms with van der Waals surface area (Å²) in [6, 6.07) is 0. The lowest BCUT2D eigenvalue weighted by atomic mass is 10.0. The van der Waals surface area contributed by atoms with E-state index in [1.165, 1.54) is 7.11 Å². The van der Waals surface area contributed by atoms with Crippen LogP contribution >= 0.6 is 0 Å². The highest BCUT2D eigenvalue weighted by Gasteiger charge is 2.35. The Morgan fingerprint density at radius 1 is 1.47 bits per heavy atom. The van der Waals surface area contributed by atoms with Gasteiger partial charge in [-0.25, -0.2) is 13.4 Å². The number of methoxy groups -OCH3 is 1. The van der Waals surface area contributed by atoms with Crippen LogP contribution in [-0.2, 0) is 24.2 Å². The van der Waals surface area contributed by atoms with Crippen LogP contribution in [0.3, 0.4) is 0 Å². The Morgan fingerprint density at radius 3 is 2.63 bits per heavy atom. The molecule has 108 valence electrons. The zero-order valence-corrected chi connectivity index (χ0v) is 12.1. The van der Waals surface area contributed by atoms with Gasteiger partial charge >= 0.3 is 5.97 Å². The maximum absolute atomic E-state index is 12.0. The summed E-state index contributed by atoms with van der Waals surface area (Å²) in [5, 5.41) is 5.13. The molecule has 19 heavy (non-hydrogen) atoms. The Bertz CT molecular complexity index is 497. The maximum Gasteiger partial charge on any atom is 0.306 e. The molecule has 0 aromatic heterocycles. The monoisotopic (exact) mass is 290 g/mol. The molecule has 0 saturated heterocycles. The first-order valence-electron chi connectivity index (χ1n) is 5.94. The number of nitrogens with zero attached hydrogens (tertiary/aromatic N) is 2. The molecule has 0 aliphatic carbocycles. The fourth-order valence-corrected chi connectivity index (χ4v) is 2.42.